The van der Waals surface area contributed by atoms with Crippen LogP contribution in [0, 0.1) is 0 Å². The summed E-state index contributed by atoms with van der Waals surface area (Å²) in [7, 11) is -3.09. The molecule has 0 aliphatic rings. The van der Waals surface area contributed by atoms with Gasteiger partial charge in [-0.3, -0.25) is 4.99 Å². The number of halogens is 1. The van der Waals surface area contributed by atoms with Crippen molar-refractivity contribution in [2.24, 2.45) is 4.99 Å². The van der Waals surface area contributed by atoms with Crippen molar-refractivity contribution in [3.05, 3.63) is 0 Å². The van der Waals surface area contributed by atoms with Crippen molar-refractivity contribution in [2.45, 2.75) is 45.3 Å². The molecule has 0 aromatic heterocycles. The number of aliphatic imine (C=N–C) groups is 1. The molecular formula is C14H32IN3O2S2. The van der Waals surface area contributed by atoms with E-state index in [-0.39, 0.29) is 29.7 Å². The number of hydrogen-bond donors (Lipinski definition) is 2. The third kappa shape index (κ3) is 10.9. The molecule has 0 bridgehead atoms. The molecular weight excluding hydrogens is 433 g/mol. The van der Waals surface area contributed by atoms with Crippen LogP contribution in [0.3, 0.4) is 0 Å². The summed E-state index contributed by atoms with van der Waals surface area (Å²) >= 11 is 1.84. The van der Waals surface area contributed by atoms with Crippen molar-refractivity contribution in [1.82, 2.24) is 10.6 Å². The first kappa shape index (κ1) is 24.6. The minimum absolute atomic E-state index is 0. The number of unbranched alkanes of at least 4 members (excludes halogenated alkanes) is 1. The molecule has 0 heterocycles. The molecule has 0 amide bonds. The van der Waals surface area contributed by atoms with Gasteiger partial charge in [0.05, 0.1) is 10.5 Å². The van der Waals surface area contributed by atoms with Crippen molar-refractivity contribution in [3.63, 3.8) is 0 Å². The largest absolute Gasteiger partial charge is 0.357 e. The Balaban J connectivity index is 0. The maximum absolute atomic E-state index is 12.0. The van der Waals surface area contributed by atoms with Crippen LogP contribution in [0.15, 0.2) is 4.99 Å². The van der Waals surface area contributed by atoms with Gasteiger partial charge in [-0.05, 0) is 52.5 Å². The fourth-order valence-electron chi connectivity index (χ4n) is 1.50. The summed E-state index contributed by atoms with van der Waals surface area (Å²) in [5.74, 6) is 1.97. The maximum atomic E-state index is 12.0. The van der Waals surface area contributed by atoms with E-state index < -0.39 is 14.6 Å². The van der Waals surface area contributed by atoms with Crippen molar-refractivity contribution in [3.8, 4) is 0 Å². The Morgan fingerprint density at radius 2 is 1.82 bits per heavy atom. The highest BCUT2D eigenvalue weighted by atomic mass is 127. The van der Waals surface area contributed by atoms with Crippen LogP contribution in [0.2, 0.25) is 0 Å². The molecule has 2 N–H and O–H groups in total. The van der Waals surface area contributed by atoms with E-state index in [9.17, 15) is 8.42 Å². The molecule has 0 rings (SSSR count). The van der Waals surface area contributed by atoms with Crippen molar-refractivity contribution < 1.29 is 8.42 Å². The number of sulfone groups is 1. The first-order valence-electron chi connectivity index (χ1n) is 7.48. The highest BCUT2D eigenvalue weighted by Gasteiger charge is 2.28. The zero-order chi connectivity index (χ0) is 16.4. The number of rotatable bonds is 9. The van der Waals surface area contributed by atoms with E-state index in [1.807, 2.05) is 18.7 Å². The van der Waals surface area contributed by atoms with Crippen LogP contribution >= 0.6 is 35.7 Å². The predicted octanol–water partition coefficient (Wildman–Crippen LogP) is 2.52. The molecule has 0 aromatic carbocycles. The normalized spacial score (nSPS) is 12.7. The minimum atomic E-state index is -3.09. The monoisotopic (exact) mass is 465 g/mol. The van der Waals surface area contributed by atoms with Gasteiger partial charge in [-0.25, -0.2) is 8.42 Å². The molecule has 0 aliphatic heterocycles. The van der Waals surface area contributed by atoms with Crippen LogP contribution in [0.5, 0.6) is 0 Å². The van der Waals surface area contributed by atoms with Gasteiger partial charge < -0.3 is 10.6 Å². The Hall–Kier alpha value is 0.300. The van der Waals surface area contributed by atoms with Gasteiger partial charge in [0.1, 0.15) is 0 Å². The van der Waals surface area contributed by atoms with Gasteiger partial charge in [-0.1, -0.05) is 0 Å². The van der Waals surface area contributed by atoms with Gasteiger partial charge in [-0.2, -0.15) is 11.8 Å². The van der Waals surface area contributed by atoms with Crippen LogP contribution < -0.4 is 10.6 Å². The summed E-state index contributed by atoms with van der Waals surface area (Å²) in [5, 5.41) is 6.23. The molecule has 0 radical (unpaired) electrons. The van der Waals surface area contributed by atoms with Gasteiger partial charge in [-0.15, -0.1) is 24.0 Å². The van der Waals surface area contributed by atoms with Crippen molar-refractivity contribution in [1.29, 1.82) is 0 Å². The third-order valence-electron chi connectivity index (χ3n) is 2.97. The van der Waals surface area contributed by atoms with E-state index in [2.05, 4.69) is 21.9 Å². The molecule has 0 atom stereocenters. The van der Waals surface area contributed by atoms with Gasteiger partial charge >= 0.3 is 0 Å². The van der Waals surface area contributed by atoms with Crippen LogP contribution in [0.1, 0.15) is 40.5 Å². The molecule has 22 heavy (non-hydrogen) atoms. The number of hydrogen-bond acceptors (Lipinski definition) is 4. The summed E-state index contributed by atoms with van der Waals surface area (Å²) in [6.45, 7) is 9.10. The molecule has 0 saturated heterocycles. The number of thioether (sulfide) groups is 1. The topological polar surface area (TPSA) is 70.6 Å². The zero-order valence-electron chi connectivity index (χ0n) is 14.4. The molecule has 0 aromatic rings. The lowest BCUT2D eigenvalue weighted by molar-refractivity contribution is 0.559. The Bertz CT molecular complexity index is 407. The molecule has 8 heteroatoms. The smallest absolute Gasteiger partial charge is 0.191 e. The summed E-state index contributed by atoms with van der Waals surface area (Å²) in [5.41, 5.74) is 0. The second-order valence-electron chi connectivity index (χ2n) is 5.82. The SMILES string of the molecule is CCNC(=NCCCCSC)NCCS(=O)(=O)C(C)(C)C.I. The summed E-state index contributed by atoms with van der Waals surface area (Å²) in [4.78, 5) is 4.46. The van der Waals surface area contributed by atoms with Gasteiger partial charge in [0.15, 0.2) is 15.8 Å². The third-order valence-corrected chi connectivity index (χ3v) is 6.27. The quantitative estimate of drug-likeness (QED) is 0.237. The number of guanidine groups is 1. The van der Waals surface area contributed by atoms with Crippen LogP contribution in [0.25, 0.3) is 0 Å². The van der Waals surface area contributed by atoms with Gasteiger partial charge in [0.2, 0.25) is 0 Å². The molecule has 5 nitrogen and oxygen atoms in total. The Kier molecular flexibility index (Phi) is 14.2. The van der Waals surface area contributed by atoms with E-state index in [0.29, 0.717) is 12.5 Å². The lowest BCUT2D eigenvalue weighted by Crippen LogP contribution is -2.41. The maximum Gasteiger partial charge on any atom is 0.191 e. The second kappa shape index (κ2) is 12.7. The lowest BCUT2D eigenvalue weighted by Gasteiger charge is -2.19. The van der Waals surface area contributed by atoms with E-state index in [1.54, 1.807) is 20.8 Å². The Morgan fingerprint density at radius 3 is 2.32 bits per heavy atom. The minimum Gasteiger partial charge on any atom is -0.357 e. The predicted molar refractivity (Wildman–Crippen MR) is 111 cm³/mol. The second-order valence-corrected chi connectivity index (χ2v) is 9.67. The van der Waals surface area contributed by atoms with E-state index in [1.165, 1.54) is 0 Å². The van der Waals surface area contributed by atoms with Crippen molar-refractivity contribution >= 4 is 51.5 Å². The molecule has 0 unspecified atom stereocenters. The average Bonchev–Trinajstić information content (AvgIpc) is 2.37. The molecule has 134 valence electrons. The van der Waals surface area contributed by atoms with Crippen LogP contribution in [0.4, 0.5) is 0 Å². The number of nitrogens with one attached hydrogen (secondary N) is 2. The molecule has 0 saturated carbocycles. The lowest BCUT2D eigenvalue weighted by atomic mass is 10.3. The van der Waals surface area contributed by atoms with Crippen molar-refractivity contribution in [2.75, 3.05) is 37.4 Å². The van der Waals surface area contributed by atoms with Gasteiger partial charge in [0, 0.05) is 19.6 Å². The Labute approximate surface area is 157 Å². The summed E-state index contributed by atoms with van der Waals surface area (Å²) < 4.78 is 23.3. The highest BCUT2D eigenvalue weighted by molar-refractivity contribution is 14.0. The highest BCUT2D eigenvalue weighted by Crippen LogP contribution is 2.15. The van der Waals surface area contributed by atoms with Crippen LogP contribution in [-0.4, -0.2) is 56.5 Å². The van der Waals surface area contributed by atoms with E-state index >= 15 is 0 Å². The summed E-state index contributed by atoms with van der Waals surface area (Å²) in [6.07, 6.45) is 4.31. The first-order chi connectivity index (χ1) is 9.74. The van der Waals surface area contributed by atoms with E-state index in [0.717, 1.165) is 31.7 Å². The molecule has 0 aliphatic carbocycles. The van der Waals surface area contributed by atoms with E-state index in [4.69, 9.17) is 0 Å². The molecule has 0 fully saturated rings. The number of nitrogens with zero attached hydrogens (tertiary/aromatic N) is 1. The Morgan fingerprint density at radius 1 is 1.18 bits per heavy atom. The average molecular weight is 465 g/mol. The van der Waals surface area contributed by atoms with Crippen LogP contribution in [-0.2, 0) is 9.84 Å². The molecule has 0 spiro atoms. The summed E-state index contributed by atoms with van der Waals surface area (Å²) in [6, 6.07) is 0. The fourth-order valence-corrected chi connectivity index (χ4v) is 2.98. The standard InChI is InChI=1S/C14H31N3O2S2.HI/c1-6-15-13(16-9-7-8-11-20-5)17-10-12-21(18,19)14(2,3)4;/h6-12H2,1-5H3,(H2,15,16,17);1H. The first-order valence-corrected chi connectivity index (χ1v) is 10.5. The fraction of sp³-hybridized carbons (Fsp3) is 0.929. The van der Waals surface area contributed by atoms with Gasteiger partial charge in [0.25, 0.3) is 0 Å². The zero-order valence-corrected chi connectivity index (χ0v) is 18.4.